The molecule has 0 bridgehead atoms. The molecule has 0 N–H and O–H groups in total. The Labute approximate surface area is 122 Å². The molecule has 0 unspecified atom stereocenters. The van der Waals surface area contributed by atoms with Crippen LogP contribution in [0.3, 0.4) is 0 Å². The number of hydrogen-bond donors (Lipinski definition) is 0. The molecule has 0 saturated carbocycles. The predicted octanol–water partition coefficient (Wildman–Crippen LogP) is 4.88. The van der Waals surface area contributed by atoms with Gasteiger partial charge in [0.05, 0.1) is 0 Å². The van der Waals surface area contributed by atoms with Crippen molar-refractivity contribution >= 4 is 21.7 Å². The van der Waals surface area contributed by atoms with Crippen LogP contribution in [0.2, 0.25) is 0 Å². The minimum absolute atomic E-state index is 0.0816. The van der Waals surface area contributed by atoms with E-state index in [-0.39, 0.29) is 5.78 Å². The molecule has 0 atom stereocenters. The van der Waals surface area contributed by atoms with Crippen LogP contribution in [0.25, 0.3) is 0 Å². The molecule has 98 valence electrons. The number of rotatable bonds is 4. The summed E-state index contributed by atoms with van der Waals surface area (Å²) >= 11 is 3.38. The lowest BCUT2D eigenvalue weighted by Gasteiger charge is -2.07. The molecule has 0 aliphatic rings. The van der Waals surface area contributed by atoms with E-state index in [1.807, 2.05) is 42.5 Å². The Bertz CT molecular complexity index is 570. The van der Waals surface area contributed by atoms with Crippen molar-refractivity contribution in [3.63, 3.8) is 0 Å². The van der Waals surface area contributed by atoms with E-state index in [9.17, 15) is 4.79 Å². The van der Waals surface area contributed by atoms with Gasteiger partial charge >= 0.3 is 0 Å². The fourth-order valence-corrected chi connectivity index (χ4v) is 2.34. The Morgan fingerprint density at radius 3 is 2.37 bits per heavy atom. The van der Waals surface area contributed by atoms with Crippen molar-refractivity contribution in [1.29, 1.82) is 0 Å². The summed E-state index contributed by atoms with van der Waals surface area (Å²) in [4.78, 5) is 12.4. The molecule has 0 radical (unpaired) electrons. The van der Waals surface area contributed by atoms with Gasteiger partial charge in [-0.3, -0.25) is 4.79 Å². The molecular formula is C17H17BrO. The molecule has 0 aliphatic carbocycles. The number of hydrogen-bond acceptors (Lipinski definition) is 1. The average molecular weight is 317 g/mol. The normalized spacial score (nSPS) is 10.7. The maximum Gasteiger partial charge on any atom is 0.193 e. The van der Waals surface area contributed by atoms with Crippen LogP contribution in [-0.4, -0.2) is 5.78 Å². The number of ketones is 1. The lowest BCUT2D eigenvalue weighted by atomic mass is 9.97. The van der Waals surface area contributed by atoms with Crippen LogP contribution < -0.4 is 0 Å². The summed E-state index contributed by atoms with van der Waals surface area (Å²) in [5.41, 5.74) is 2.71. The van der Waals surface area contributed by atoms with Crippen LogP contribution in [0.1, 0.15) is 35.3 Å². The van der Waals surface area contributed by atoms with Crippen LogP contribution in [-0.2, 0) is 6.42 Å². The zero-order valence-electron chi connectivity index (χ0n) is 11.2. The Hall–Kier alpha value is -1.41. The number of halogens is 1. The summed E-state index contributed by atoms with van der Waals surface area (Å²) in [5, 5.41) is 0. The molecule has 0 saturated heterocycles. The Morgan fingerprint density at radius 2 is 1.74 bits per heavy atom. The maximum atomic E-state index is 12.4. The first-order valence-corrected chi connectivity index (χ1v) is 7.25. The van der Waals surface area contributed by atoms with E-state index in [2.05, 4.69) is 35.8 Å². The van der Waals surface area contributed by atoms with Crippen molar-refractivity contribution in [2.75, 3.05) is 0 Å². The average Bonchev–Trinajstić information content (AvgIpc) is 2.38. The van der Waals surface area contributed by atoms with Crippen molar-refractivity contribution in [2.24, 2.45) is 5.92 Å². The molecule has 0 amide bonds. The molecule has 1 nitrogen and oxygen atoms in total. The molecule has 0 spiro atoms. The van der Waals surface area contributed by atoms with Gasteiger partial charge in [0.2, 0.25) is 0 Å². The van der Waals surface area contributed by atoms with Crippen LogP contribution in [0.15, 0.2) is 53.0 Å². The summed E-state index contributed by atoms with van der Waals surface area (Å²) < 4.78 is 0.984. The fraction of sp³-hybridized carbons (Fsp3) is 0.235. The summed E-state index contributed by atoms with van der Waals surface area (Å²) in [6, 6.07) is 15.4. The molecule has 0 aromatic heterocycles. The first-order chi connectivity index (χ1) is 9.06. The minimum Gasteiger partial charge on any atom is -0.289 e. The van der Waals surface area contributed by atoms with Gasteiger partial charge in [0.15, 0.2) is 5.78 Å². The summed E-state index contributed by atoms with van der Waals surface area (Å²) in [5.74, 6) is 0.677. The molecule has 2 aromatic rings. The first-order valence-electron chi connectivity index (χ1n) is 6.45. The van der Waals surface area contributed by atoms with Crippen molar-refractivity contribution in [3.05, 3.63) is 69.7 Å². The standard InChI is InChI=1S/C17H17BrO/c1-12(2)10-13-4-3-5-15(11-13)17(19)14-6-8-16(18)9-7-14/h3-9,11-12H,10H2,1-2H3. The second-order valence-corrected chi connectivity index (χ2v) is 6.05. The van der Waals surface area contributed by atoms with Crippen molar-refractivity contribution in [1.82, 2.24) is 0 Å². The largest absolute Gasteiger partial charge is 0.289 e. The van der Waals surface area contributed by atoms with Gasteiger partial charge in [-0.05, 0) is 48.2 Å². The van der Waals surface area contributed by atoms with E-state index in [0.717, 1.165) is 22.0 Å². The lowest BCUT2D eigenvalue weighted by Crippen LogP contribution is -2.03. The smallest absolute Gasteiger partial charge is 0.193 e. The van der Waals surface area contributed by atoms with Gasteiger partial charge in [-0.25, -0.2) is 0 Å². The minimum atomic E-state index is 0.0816. The van der Waals surface area contributed by atoms with Crippen LogP contribution >= 0.6 is 15.9 Å². The van der Waals surface area contributed by atoms with E-state index in [1.165, 1.54) is 5.56 Å². The first kappa shape index (κ1) is 14.0. The highest BCUT2D eigenvalue weighted by Gasteiger charge is 2.09. The highest BCUT2D eigenvalue weighted by Crippen LogP contribution is 2.16. The van der Waals surface area contributed by atoms with Crippen molar-refractivity contribution in [2.45, 2.75) is 20.3 Å². The highest BCUT2D eigenvalue weighted by molar-refractivity contribution is 9.10. The van der Waals surface area contributed by atoms with Gasteiger partial charge in [-0.2, -0.15) is 0 Å². The van der Waals surface area contributed by atoms with E-state index in [4.69, 9.17) is 0 Å². The molecule has 0 heterocycles. The zero-order chi connectivity index (χ0) is 13.8. The second kappa shape index (κ2) is 6.16. The van der Waals surface area contributed by atoms with E-state index in [1.54, 1.807) is 0 Å². The van der Waals surface area contributed by atoms with Crippen molar-refractivity contribution < 1.29 is 4.79 Å². The summed E-state index contributed by atoms with van der Waals surface area (Å²) in [7, 11) is 0. The molecule has 2 aromatic carbocycles. The monoisotopic (exact) mass is 316 g/mol. The molecule has 2 rings (SSSR count). The topological polar surface area (TPSA) is 17.1 Å². The Kier molecular flexibility index (Phi) is 4.54. The third-order valence-corrected chi connectivity index (χ3v) is 3.47. The molecule has 0 fully saturated rings. The quantitative estimate of drug-likeness (QED) is 0.735. The molecule has 0 aliphatic heterocycles. The summed E-state index contributed by atoms with van der Waals surface area (Å²) in [6.45, 7) is 4.37. The van der Waals surface area contributed by atoms with Crippen molar-refractivity contribution in [3.8, 4) is 0 Å². The van der Waals surface area contributed by atoms with Gasteiger partial charge in [-0.15, -0.1) is 0 Å². The van der Waals surface area contributed by atoms with Crippen LogP contribution in [0.5, 0.6) is 0 Å². The highest BCUT2D eigenvalue weighted by atomic mass is 79.9. The third-order valence-electron chi connectivity index (χ3n) is 2.94. The lowest BCUT2D eigenvalue weighted by molar-refractivity contribution is 0.103. The number of benzene rings is 2. The second-order valence-electron chi connectivity index (χ2n) is 5.13. The zero-order valence-corrected chi connectivity index (χ0v) is 12.8. The van der Waals surface area contributed by atoms with E-state index < -0.39 is 0 Å². The van der Waals surface area contributed by atoms with Gasteiger partial charge in [0.1, 0.15) is 0 Å². The van der Waals surface area contributed by atoms with E-state index >= 15 is 0 Å². The third kappa shape index (κ3) is 3.77. The van der Waals surface area contributed by atoms with Gasteiger partial charge in [0, 0.05) is 15.6 Å². The Morgan fingerprint density at radius 1 is 1.05 bits per heavy atom. The number of carbonyl (C=O) groups is 1. The number of carbonyl (C=O) groups excluding carboxylic acids is 1. The van der Waals surface area contributed by atoms with Crippen LogP contribution in [0, 0.1) is 5.92 Å². The maximum absolute atomic E-state index is 12.4. The molecule has 19 heavy (non-hydrogen) atoms. The van der Waals surface area contributed by atoms with Gasteiger partial charge in [0.25, 0.3) is 0 Å². The summed E-state index contributed by atoms with van der Waals surface area (Å²) in [6.07, 6.45) is 1.00. The van der Waals surface area contributed by atoms with E-state index in [0.29, 0.717) is 5.92 Å². The van der Waals surface area contributed by atoms with Gasteiger partial charge < -0.3 is 0 Å². The van der Waals surface area contributed by atoms with Gasteiger partial charge in [-0.1, -0.05) is 48.0 Å². The SMILES string of the molecule is CC(C)Cc1cccc(C(=O)c2ccc(Br)cc2)c1. The molecule has 2 heteroatoms. The molecular weight excluding hydrogens is 300 g/mol. The fourth-order valence-electron chi connectivity index (χ4n) is 2.08. The predicted molar refractivity (Wildman–Crippen MR) is 82.6 cm³/mol. The Balaban J connectivity index is 2.26. The van der Waals surface area contributed by atoms with Crippen LogP contribution in [0.4, 0.5) is 0 Å².